The fourth-order valence-electron chi connectivity index (χ4n) is 3.35. The quantitative estimate of drug-likeness (QED) is 0.467. The number of β-amino-alcohol motifs (C(OH)–C–C–N with tert-alkyl or cyclic N) is 1. The summed E-state index contributed by atoms with van der Waals surface area (Å²) in [6.45, 7) is 1.71. The number of nitrogens with zero attached hydrogens (tertiary/aromatic N) is 1. The molecule has 0 radical (unpaired) electrons. The van der Waals surface area contributed by atoms with E-state index in [2.05, 4.69) is 0 Å². The molecule has 1 saturated heterocycles. The van der Waals surface area contributed by atoms with E-state index in [1.54, 1.807) is 13.0 Å². The van der Waals surface area contributed by atoms with Crippen molar-refractivity contribution in [1.82, 2.24) is 9.79 Å². The van der Waals surface area contributed by atoms with Crippen LogP contribution < -0.4 is 10.2 Å². The number of hydroxylamine groups is 1. The molecule has 1 aliphatic rings. The summed E-state index contributed by atoms with van der Waals surface area (Å²) in [6, 6.07) is 8.90. The van der Waals surface area contributed by atoms with E-state index >= 15 is 0 Å². The van der Waals surface area contributed by atoms with Gasteiger partial charge in [0.15, 0.2) is 0 Å². The topological polar surface area (TPSA) is 116 Å². The molecule has 0 bridgehead atoms. The zero-order valence-electron chi connectivity index (χ0n) is 16.3. The smallest absolute Gasteiger partial charge is 0.261 e. The number of halogens is 1. The molecule has 3 N–H and O–H groups in total. The molecule has 0 aromatic heterocycles. The van der Waals surface area contributed by atoms with Crippen LogP contribution in [0.5, 0.6) is 5.75 Å². The minimum atomic E-state index is -4.09. The van der Waals surface area contributed by atoms with Gasteiger partial charge in [0.25, 0.3) is 5.91 Å². The zero-order chi connectivity index (χ0) is 21.9. The van der Waals surface area contributed by atoms with Crippen LogP contribution in [0.3, 0.4) is 0 Å². The highest BCUT2D eigenvalue weighted by Gasteiger charge is 2.40. The minimum absolute atomic E-state index is 0.0716. The second-order valence-electron chi connectivity index (χ2n) is 7.13. The number of hydrogen-bond donors (Lipinski definition) is 3. The van der Waals surface area contributed by atoms with E-state index in [1.807, 2.05) is 0 Å². The van der Waals surface area contributed by atoms with Crippen LogP contribution in [-0.2, 0) is 21.4 Å². The van der Waals surface area contributed by atoms with Crippen LogP contribution in [0.4, 0.5) is 4.39 Å². The van der Waals surface area contributed by atoms with Gasteiger partial charge in [0.2, 0.25) is 10.0 Å². The number of rotatable bonds is 6. The lowest BCUT2D eigenvalue weighted by molar-refractivity contribution is -0.135. The number of ether oxygens (including phenoxy) is 1. The lowest BCUT2D eigenvalue weighted by Gasteiger charge is -2.35. The first-order valence-electron chi connectivity index (χ1n) is 9.34. The molecule has 2 aromatic carbocycles. The Kier molecular flexibility index (Phi) is 6.71. The number of aryl methyl sites for hydroxylation is 1. The minimum Gasteiger partial charge on any atom is -0.489 e. The molecule has 8 nitrogen and oxygen atoms in total. The molecule has 162 valence electrons. The Bertz CT molecular complexity index is 1010. The second kappa shape index (κ2) is 9.09. The average molecular weight is 438 g/mol. The predicted molar refractivity (Wildman–Crippen MR) is 105 cm³/mol. The lowest BCUT2D eigenvalue weighted by Crippen LogP contribution is -2.54. The molecule has 3 rings (SSSR count). The van der Waals surface area contributed by atoms with E-state index < -0.39 is 28.1 Å². The van der Waals surface area contributed by atoms with Crippen molar-refractivity contribution in [2.24, 2.45) is 0 Å². The van der Waals surface area contributed by atoms with Crippen LogP contribution in [0.15, 0.2) is 47.4 Å². The number of benzene rings is 2. The van der Waals surface area contributed by atoms with Gasteiger partial charge >= 0.3 is 0 Å². The maximum atomic E-state index is 13.2. The number of sulfonamides is 1. The second-order valence-corrected chi connectivity index (χ2v) is 9.02. The zero-order valence-corrected chi connectivity index (χ0v) is 17.1. The number of carbonyl (C=O) groups excluding carboxylic acids is 1. The van der Waals surface area contributed by atoms with E-state index in [4.69, 9.17) is 9.94 Å². The summed E-state index contributed by atoms with van der Waals surface area (Å²) < 4.78 is 45.7. The fraction of sp³-hybridized carbons (Fsp3) is 0.350. The van der Waals surface area contributed by atoms with Gasteiger partial charge in [-0.2, -0.15) is 4.31 Å². The van der Waals surface area contributed by atoms with Crippen molar-refractivity contribution in [1.29, 1.82) is 0 Å². The molecule has 0 saturated carbocycles. The van der Waals surface area contributed by atoms with Gasteiger partial charge in [0.1, 0.15) is 24.2 Å². The standard InChI is InChI=1S/C20H23FN2O6S/c1-13-10-15(21)3-2-14(13)12-29-17-5-7-18(8-6-17)30(27,28)23-11-16(24)4-9-19(23)20(25)22-26/h2-3,5-8,10,16,19,24,26H,4,9,11-12H2,1H3,(H,22,25). The highest BCUT2D eigenvalue weighted by Crippen LogP contribution is 2.27. The molecule has 10 heteroatoms. The normalized spacial score (nSPS) is 20.0. The monoisotopic (exact) mass is 438 g/mol. The Hall–Kier alpha value is -2.53. The third-order valence-electron chi connectivity index (χ3n) is 5.05. The summed E-state index contributed by atoms with van der Waals surface area (Å²) in [5, 5.41) is 18.8. The van der Waals surface area contributed by atoms with Gasteiger partial charge in [0.05, 0.1) is 11.0 Å². The molecule has 2 unspecified atom stereocenters. The maximum absolute atomic E-state index is 13.2. The largest absolute Gasteiger partial charge is 0.489 e. The van der Waals surface area contributed by atoms with Crippen LogP contribution in [0, 0.1) is 12.7 Å². The van der Waals surface area contributed by atoms with Gasteiger partial charge in [-0.05, 0) is 67.3 Å². The van der Waals surface area contributed by atoms with Gasteiger partial charge in [-0.1, -0.05) is 6.07 Å². The first-order valence-corrected chi connectivity index (χ1v) is 10.8. The average Bonchev–Trinajstić information content (AvgIpc) is 2.73. The Morgan fingerprint density at radius 1 is 1.23 bits per heavy atom. The third-order valence-corrected chi connectivity index (χ3v) is 6.94. The molecule has 30 heavy (non-hydrogen) atoms. The van der Waals surface area contributed by atoms with Gasteiger partial charge in [0, 0.05) is 6.54 Å². The fourth-order valence-corrected chi connectivity index (χ4v) is 5.00. The van der Waals surface area contributed by atoms with E-state index in [9.17, 15) is 22.7 Å². The SMILES string of the molecule is Cc1cc(F)ccc1COc1ccc(S(=O)(=O)N2CC(O)CCC2C(=O)NO)cc1. The Morgan fingerprint density at radius 3 is 2.57 bits per heavy atom. The van der Waals surface area contributed by atoms with Crippen molar-refractivity contribution in [3.05, 3.63) is 59.4 Å². The van der Waals surface area contributed by atoms with E-state index in [1.165, 1.54) is 41.9 Å². The summed E-state index contributed by atoms with van der Waals surface area (Å²) in [4.78, 5) is 11.8. The van der Waals surface area contributed by atoms with E-state index in [0.717, 1.165) is 15.4 Å². The molecule has 1 heterocycles. The van der Waals surface area contributed by atoms with Crippen molar-refractivity contribution >= 4 is 15.9 Å². The number of carbonyl (C=O) groups is 1. The molecular weight excluding hydrogens is 415 g/mol. The summed E-state index contributed by atoms with van der Waals surface area (Å²) in [6.07, 6.45) is -0.561. The van der Waals surface area contributed by atoms with Crippen LogP contribution in [0.25, 0.3) is 0 Å². The first-order chi connectivity index (χ1) is 14.2. The van der Waals surface area contributed by atoms with Crippen molar-refractivity contribution in [3.8, 4) is 5.75 Å². The predicted octanol–water partition coefficient (Wildman–Crippen LogP) is 1.73. The van der Waals surface area contributed by atoms with Gasteiger partial charge < -0.3 is 9.84 Å². The lowest BCUT2D eigenvalue weighted by atomic mass is 10.0. The molecule has 1 fully saturated rings. The number of piperidine rings is 1. The molecule has 1 aliphatic heterocycles. The van der Waals surface area contributed by atoms with Gasteiger partial charge in [-0.25, -0.2) is 18.3 Å². The Balaban J connectivity index is 1.75. The molecule has 0 aliphatic carbocycles. The van der Waals surface area contributed by atoms with Crippen LogP contribution in [-0.4, -0.2) is 47.6 Å². The number of amides is 1. The van der Waals surface area contributed by atoms with Crippen molar-refractivity contribution < 1.29 is 32.7 Å². The van der Waals surface area contributed by atoms with E-state index in [0.29, 0.717) is 5.75 Å². The van der Waals surface area contributed by atoms with Crippen LogP contribution in [0.1, 0.15) is 24.0 Å². The number of hydrogen-bond acceptors (Lipinski definition) is 6. The van der Waals surface area contributed by atoms with Crippen LogP contribution in [0.2, 0.25) is 0 Å². The summed E-state index contributed by atoms with van der Waals surface area (Å²) in [5.74, 6) is -0.761. The van der Waals surface area contributed by atoms with Crippen molar-refractivity contribution in [2.75, 3.05) is 6.54 Å². The molecule has 2 atom stereocenters. The summed E-state index contributed by atoms with van der Waals surface area (Å²) >= 11 is 0. The molecular formula is C20H23FN2O6S. The molecule has 2 aromatic rings. The summed E-state index contributed by atoms with van der Waals surface area (Å²) in [5.41, 5.74) is 3.02. The third kappa shape index (κ3) is 4.78. The van der Waals surface area contributed by atoms with Crippen molar-refractivity contribution in [3.63, 3.8) is 0 Å². The highest BCUT2D eigenvalue weighted by atomic mass is 32.2. The summed E-state index contributed by atoms with van der Waals surface area (Å²) in [7, 11) is -4.09. The molecule has 0 spiro atoms. The van der Waals surface area contributed by atoms with Crippen LogP contribution >= 0.6 is 0 Å². The van der Waals surface area contributed by atoms with Gasteiger partial charge in [-0.3, -0.25) is 10.0 Å². The van der Waals surface area contributed by atoms with Crippen molar-refractivity contribution in [2.45, 2.75) is 43.4 Å². The highest BCUT2D eigenvalue weighted by molar-refractivity contribution is 7.89. The van der Waals surface area contributed by atoms with Gasteiger partial charge in [-0.15, -0.1) is 0 Å². The maximum Gasteiger partial charge on any atom is 0.261 e. The first kappa shape index (κ1) is 22.2. The van der Waals surface area contributed by atoms with E-state index in [-0.39, 0.29) is 36.7 Å². The number of nitrogens with one attached hydrogen (secondary N) is 1. The number of aliphatic hydroxyl groups is 1. The Morgan fingerprint density at radius 2 is 1.93 bits per heavy atom. The molecule has 1 amide bonds. The Labute approximate surface area is 173 Å². The number of aliphatic hydroxyl groups excluding tert-OH is 1.